The highest BCUT2D eigenvalue weighted by Gasteiger charge is 2.20. The van der Waals surface area contributed by atoms with Crippen molar-refractivity contribution in [1.82, 2.24) is 10.3 Å². The van der Waals surface area contributed by atoms with Crippen LogP contribution in [0.3, 0.4) is 0 Å². The third-order valence-electron chi connectivity index (χ3n) is 5.58. The Morgan fingerprint density at radius 3 is 2.46 bits per heavy atom. The summed E-state index contributed by atoms with van der Waals surface area (Å²) in [5, 5.41) is 3.89. The molecule has 1 unspecified atom stereocenters. The van der Waals surface area contributed by atoms with Gasteiger partial charge in [-0.2, -0.15) is 0 Å². The molecule has 1 atom stereocenters. The summed E-state index contributed by atoms with van der Waals surface area (Å²) >= 11 is 1.72. The van der Waals surface area contributed by atoms with Crippen LogP contribution in [0.1, 0.15) is 83.0 Å². The zero-order valence-electron chi connectivity index (χ0n) is 21.6. The van der Waals surface area contributed by atoms with Gasteiger partial charge in [0, 0.05) is 23.2 Å². The lowest BCUT2D eigenvalue weighted by Crippen LogP contribution is -2.28. The highest BCUT2D eigenvalue weighted by Crippen LogP contribution is 2.28. The molecule has 9 heteroatoms. The molecular weight excluding hydrogens is 485 g/mol. The smallest absolute Gasteiger partial charge is 0.229 e. The largest absolute Gasteiger partial charge is 0.351 e. The maximum absolute atomic E-state index is 14.4. The summed E-state index contributed by atoms with van der Waals surface area (Å²) in [5.41, 5.74) is 2.21. The SMILES string of the molecule is CCCCCCSc1nc(C(C)(C)C)ccc1CNC(=O)C(C)c1ccc(NS(C)(=O)=O)c(F)c1. The molecule has 2 rings (SSSR count). The van der Waals surface area contributed by atoms with Gasteiger partial charge in [0.15, 0.2) is 0 Å². The van der Waals surface area contributed by atoms with E-state index in [2.05, 4.69) is 37.7 Å². The van der Waals surface area contributed by atoms with Crippen molar-refractivity contribution in [1.29, 1.82) is 0 Å². The molecule has 0 aliphatic rings. The minimum atomic E-state index is -3.59. The number of carbonyl (C=O) groups is 1. The van der Waals surface area contributed by atoms with Crippen LogP contribution in [0.25, 0.3) is 0 Å². The number of hydrogen-bond acceptors (Lipinski definition) is 5. The Kier molecular flexibility index (Phi) is 10.6. The van der Waals surface area contributed by atoms with Crippen molar-refractivity contribution in [3.63, 3.8) is 0 Å². The second-order valence-electron chi connectivity index (χ2n) is 9.87. The molecule has 0 aliphatic heterocycles. The maximum Gasteiger partial charge on any atom is 0.229 e. The van der Waals surface area contributed by atoms with E-state index in [0.29, 0.717) is 12.1 Å². The van der Waals surface area contributed by atoms with E-state index < -0.39 is 21.8 Å². The van der Waals surface area contributed by atoms with Crippen LogP contribution in [0.2, 0.25) is 0 Å². The van der Waals surface area contributed by atoms with Gasteiger partial charge in [-0.3, -0.25) is 9.52 Å². The van der Waals surface area contributed by atoms with Crippen molar-refractivity contribution in [3.8, 4) is 0 Å². The quantitative estimate of drug-likeness (QED) is 0.264. The highest BCUT2D eigenvalue weighted by atomic mass is 32.2. The van der Waals surface area contributed by atoms with Gasteiger partial charge in [-0.1, -0.05) is 59.1 Å². The van der Waals surface area contributed by atoms with E-state index in [-0.39, 0.29) is 17.0 Å². The number of benzene rings is 1. The Morgan fingerprint density at radius 1 is 1.14 bits per heavy atom. The van der Waals surface area contributed by atoms with Crippen molar-refractivity contribution in [2.45, 2.75) is 83.2 Å². The molecule has 35 heavy (non-hydrogen) atoms. The number of amides is 1. The second kappa shape index (κ2) is 12.7. The molecule has 0 saturated heterocycles. The molecule has 2 aromatic rings. The van der Waals surface area contributed by atoms with Gasteiger partial charge in [0.25, 0.3) is 0 Å². The van der Waals surface area contributed by atoms with Crippen LogP contribution in [-0.4, -0.2) is 31.3 Å². The molecule has 0 aliphatic carbocycles. The first-order valence-electron chi connectivity index (χ1n) is 12.0. The molecule has 2 N–H and O–H groups in total. The number of nitrogens with one attached hydrogen (secondary N) is 2. The topological polar surface area (TPSA) is 88.2 Å². The summed E-state index contributed by atoms with van der Waals surface area (Å²) in [5.74, 6) is -0.600. The number of rotatable bonds is 12. The summed E-state index contributed by atoms with van der Waals surface area (Å²) in [6.45, 7) is 10.6. The Hall–Kier alpha value is -2.13. The fourth-order valence-corrected chi connectivity index (χ4v) is 5.01. The third-order valence-corrected chi connectivity index (χ3v) is 7.29. The molecule has 1 heterocycles. The number of carbonyl (C=O) groups excluding carboxylic acids is 1. The monoisotopic (exact) mass is 523 g/mol. The van der Waals surface area contributed by atoms with Crippen molar-refractivity contribution >= 4 is 33.4 Å². The molecule has 1 amide bonds. The molecule has 0 fully saturated rings. The molecule has 1 aromatic carbocycles. The van der Waals surface area contributed by atoms with Gasteiger partial charge in [-0.05, 0) is 42.9 Å². The van der Waals surface area contributed by atoms with Crippen LogP contribution >= 0.6 is 11.8 Å². The first-order valence-corrected chi connectivity index (χ1v) is 14.9. The van der Waals surface area contributed by atoms with Gasteiger partial charge in [-0.15, -0.1) is 11.8 Å². The number of aromatic nitrogens is 1. The van der Waals surface area contributed by atoms with E-state index >= 15 is 0 Å². The first kappa shape index (κ1) is 29.1. The van der Waals surface area contributed by atoms with E-state index in [1.807, 2.05) is 12.1 Å². The minimum absolute atomic E-state index is 0.0734. The summed E-state index contributed by atoms with van der Waals surface area (Å²) in [6.07, 6.45) is 5.69. The second-order valence-corrected chi connectivity index (χ2v) is 12.7. The number of pyridine rings is 1. The fourth-order valence-electron chi connectivity index (χ4n) is 3.41. The molecule has 0 radical (unpaired) electrons. The predicted molar refractivity (Wildman–Crippen MR) is 143 cm³/mol. The van der Waals surface area contributed by atoms with Crippen molar-refractivity contribution in [3.05, 3.63) is 53.0 Å². The average molecular weight is 524 g/mol. The van der Waals surface area contributed by atoms with E-state index in [1.165, 1.54) is 31.4 Å². The van der Waals surface area contributed by atoms with E-state index in [9.17, 15) is 17.6 Å². The summed E-state index contributed by atoms with van der Waals surface area (Å²) in [4.78, 5) is 17.7. The zero-order valence-corrected chi connectivity index (χ0v) is 23.2. The maximum atomic E-state index is 14.4. The Labute approximate surface area is 213 Å². The number of anilines is 1. The summed E-state index contributed by atoms with van der Waals surface area (Å²) in [7, 11) is -3.59. The van der Waals surface area contributed by atoms with Gasteiger partial charge in [0.2, 0.25) is 15.9 Å². The minimum Gasteiger partial charge on any atom is -0.351 e. The van der Waals surface area contributed by atoms with Gasteiger partial charge in [0.1, 0.15) is 10.8 Å². The van der Waals surface area contributed by atoms with Crippen LogP contribution in [0.15, 0.2) is 35.4 Å². The molecule has 0 bridgehead atoms. The normalized spacial score (nSPS) is 12.9. The molecule has 0 saturated carbocycles. The lowest BCUT2D eigenvalue weighted by Gasteiger charge is -2.20. The molecule has 194 valence electrons. The summed E-state index contributed by atoms with van der Waals surface area (Å²) < 4.78 is 39.2. The standard InChI is InChI=1S/C26H38FN3O3S2/c1-7-8-9-10-15-34-25-20(12-14-23(29-25)26(3,4)5)17-28-24(31)18(2)19-11-13-22(21(27)16-19)30-35(6,32)33/h11-14,16,18,30H,7-10,15,17H2,1-6H3,(H,28,31). The average Bonchev–Trinajstić information content (AvgIpc) is 2.77. The zero-order chi connectivity index (χ0) is 26.2. The third kappa shape index (κ3) is 9.44. The first-order chi connectivity index (χ1) is 16.3. The van der Waals surface area contributed by atoms with Gasteiger partial charge in [-0.25, -0.2) is 17.8 Å². The van der Waals surface area contributed by atoms with Crippen LogP contribution in [0.4, 0.5) is 10.1 Å². The van der Waals surface area contributed by atoms with Gasteiger partial charge >= 0.3 is 0 Å². The number of nitrogens with zero attached hydrogens (tertiary/aromatic N) is 1. The van der Waals surface area contributed by atoms with Gasteiger partial charge < -0.3 is 5.32 Å². The van der Waals surface area contributed by atoms with Crippen LogP contribution in [0.5, 0.6) is 0 Å². The van der Waals surface area contributed by atoms with Crippen molar-refractivity contribution < 1.29 is 17.6 Å². The van der Waals surface area contributed by atoms with Crippen LogP contribution < -0.4 is 10.0 Å². The number of halogens is 1. The highest BCUT2D eigenvalue weighted by molar-refractivity contribution is 7.99. The van der Waals surface area contributed by atoms with E-state index in [1.54, 1.807) is 24.8 Å². The lowest BCUT2D eigenvalue weighted by atomic mass is 9.91. The number of sulfonamides is 1. The summed E-state index contributed by atoms with van der Waals surface area (Å²) in [6, 6.07) is 8.11. The number of unbranched alkanes of at least 4 members (excludes halogenated alkanes) is 3. The molecule has 1 aromatic heterocycles. The lowest BCUT2D eigenvalue weighted by molar-refractivity contribution is -0.122. The predicted octanol–water partition coefficient (Wildman–Crippen LogP) is 5.98. The van der Waals surface area contributed by atoms with Gasteiger partial charge in [0.05, 0.1) is 17.9 Å². The van der Waals surface area contributed by atoms with Crippen molar-refractivity contribution in [2.24, 2.45) is 0 Å². The molecular formula is C26H38FN3O3S2. The van der Waals surface area contributed by atoms with E-state index in [4.69, 9.17) is 4.98 Å². The Morgan fingerprint density at radius 2 is 1.86 bits per heavy atom. The van der Waals surface area contributed by atoms with Crippen molar-refractivity contribution in [2.75, 3.05) is 16.7 Å². The van der Waals surface area contributed by atoms with E-state index in [0.717, 1.165) is 34.7 Å². The Balaban J connectivity index is 2.10. The number of thioether (sulfide) groups is 1. The Bertz CT molecular complexity index is 1120. The molecule has 0 spiro atoms. The molecule has 6 nitrogen and oxygen atoms in total. The van der Waals surface area contributed by atoms with Crippen LogP contribution in [0, 0.1) is 5.82 Å². The van der Waals surface area contributed by atoms with Crippen LogP contribution in [-0.2, 0) is 26.8 Å². The fraction of sp³-hybridized carbons (Fsp3) is 0.538. The number of hydrogen-bond donors (Lipinski definition) is 2.